The van der Waals surface area contributed by atoms with E-state index in [9.17, 15) is 9.59 Å². The SMILES string of the molecule is COc1ccc(C(=O)N[C@@H]2CCCN(c3nccn(C)c3=O)C2)nn1. The molecule has 3 rings (SSSR count). The van der Waals surface area contributed by atoms with Crippen LogP contribution in [0.15, 0.2) is 29.3 Å². The number of methoxy groups -OCH3 is 1. The first kappa shape index (κ1) is 16.9. The summed E-state index contributed by atoms with van der Waals surface area (Å²) in [5.41, 5.74) is 0.0853. The van der Waals surface area contributed by atoms with Crippen LogP contribution in [0.2, 0.25) is 0 Å². The van der Waals surface area contributed by atoms with E-state index in [4.69, 9.17) is 4.74 Å². The average molecular weight is 344 g/mol. The number of nitrogens with one attached hydrogen (secondary N) is 1. The van der Waals surface area contributed by atoms with Crippen LogP contribution in [0.1, 0.15) is 23.3 Å². The zero-order chi connectivity index (χ0) is 17.8. The Morgan fingerprint density at radius 1 is 1.36 bits per heavy atom. The van der Waals surface area contributed by atoms with Gasteiger partial charge in [-0.1, -0.05) is 0 Å². The minimum absolute atomic E-state index is 0.0862. The quantitative estimate of drug-likeness (QED) is 0.831. The first-order valence-electron chi connectivity index (χ1n) is 8.03. The van der Waals surface area contributed by atoms with Crippen molar-refractivity contribution in [3.63, 3.8) is 0 Å². The number of nitrogens with zero attached hydrogens (tertiary/aromatic N) is 5. The van der Waals surface area contributed by atoms with E-state index >= 15 is 0 Å². The number of anilines is 1. The van der Waals surface area contributed by atoms with Gasteiger partial charge in [0, 0.05) is 44.6 Å². The van der Waals surface area contributed by atoms with Gasteiger partial charge in [-0.05, 0) is 18.9 Å². The molecule has 1 saturated heterocycles. The van der Waals surface area contributed by atoms with Gasteiger partial charge in [-0.3, -0.25) is 9.59 Å². The highest BCUT2D eigenvalue weighted by Crippen LogP contribution is 2.15. The Morgan fingerprint density at radius 3 is 2.92 bits per heavy atom. The summed E-state index contributed by atoms with van der Waals surface area (Å²) in [7, 11) is 3.18. The summed E-state index contributed by atoms with van der Waals surface area (Å²) < 4.78 is 6.43. The maximum absolute atomic E-state index is 12.3. The van der Waals surface area contributed by atoms with Gasteiger partial charge in [0.15, 0.2) is 11.5 Å². The second-order valence-corrected chi connectivity index (χ2v) is 5.89. The maximum atomic E-state index is 12.3. The summed E-state index contributed by atoms with van der Waals surface area (Å²) in [5.74, 6) is 0.468. The minimum atomic E-state index is -0.295. The van der Waals surface area contributed by atoms with E-state index < -0.39 is 0 Å². The fourth-order valence-corrected chi connectivity index (χ4v) is 2.80. The third-order valence-corrected chi connectivity index (χ3v) is 4.14. The van der Waals surface area contributed by atoms with E-state index in [1.54, 1.807) is 31.6 Å². The lowest BCUT2D eigenvalue weighted by atomic mass is 10.1. The van der Waals surface area contributed by atoms with Crippen LogP contribution in [0.4, 0.5) is 5.82 Å². The summed E-state index contributed by atoms with van der Waals surface area (Å²) in [6.07, 6.45) is 4.92. The molecule has 2 aromatic rings. The van der Waals surface area contributed by atoms with E-state index in [2.05, 4.69) is 20.5 Å². The van der Waals surface area contributed by atoms with Crippen molar-refractivity contribution >= 4 is 11.7 Å². The minimum Gasteiger partial charge on any atom is -0.480 e. The molecule has 1 fully saturated rings. The number of carbonyl (C=O) groups excluding carboxylic acids is 1. The molecule has 1 amide bonds. The standard InChI is InChI=1S/C16H20N6O3/c1-21-9-7-17-14(16(21)24)22-8-3-4-11(10-22)18-15(23)12-5-6-13(25-2)20-19-12/h5-7,9,11H,3-4,8,10H2,1-2H3,(H,18,23)/t11-/m1/s1. The smallest absolute Gasteiger partial charge is 0.293 e. The zero-order valence-electron chi connectivity index (χ0n) is 14.2. The lowest BCUT2D eigenvalue weighted by molar-refractivity contribution is 0.0926. The van der Waals surface area contributed by atoms with Gasteiger partial charge >= 0.3 is 0 Å². The molecule has 0 saturated carbocycles. The summed E-state index contributed by atoms with van der Waals surface area (Å²) in [4.78, 5) is 30.7. The van der Waals surface area contributed by atoms with E-state index in [-0.39, 0.29) is 23.2 Å². The second kappa shape index (κ2) is 7.29. The van der Waals surface area contributed by atoms with Gasteiger partial charge in [-0.15, -0.1) is 10.2 Å². The third kappa shape index (κ3) is 3.76. The highest BCUT2D eigenvalue weighted by atomic mass is 16.5. The van der Waals surface area contributed by atoms with Crippen molar-refractivity contribution in [1.29, 1.82) is 0 Å². The molecular weight excluding hydrogens is 324 g/mol. The Bertz CT molecular complexity index is 804. The van der Waals surface area contributed by atoms with Gasteiger partial charge in [0.05, 0.1) is 7.11 Å². The number of aryl methyl sites for hydroxylation is 1. The Hall–Kier alpha value is -2.97. The largest absolute Gasteiger partial charge is 0.480 e. The van der Waals surface area contributed by atoms with Gasteiger partial charge in [0.1, 0.15) is 0 Å². The Labute approximate surface area is 144 Å². The van der Waals surface area contributed by atoms with Crippen LogP contribution >= 0.6 is 0 Å². The van der Waals surface area contributed by atoms with Crippen LogP contribution in [0.3, 0.4) is 0 Å². The first-order chi connectivity index (χ1) is 12.1. The Kier molecular flexibility index (Phi) is 4.92. The van der Waals surface area contributed by atoms with Crippen molar-refractivity contribution < 1.29 is 9.53 Å². The van der Waals surface area contributed by atoms with E-state index in [0.29, 0.717) is 18.2 Å². The average Bonchev–Trinajstić information content (AvgIpc) is 2.64. The predicted molar refractivity (Wildman–Crippen MR) is 90.8 cm³/mol. The molecule has 0 radical (unpaired) electrons. The molecule has 9 nitrogen and oxygen atoms in total. The van der Waals surface area contributed by atoms with E-state index in [1.165, 1.54) is 11.7 Å². The lowest BCUT2D eigenvalue weighted by Crippen LogP contribution is -2.49. The number of aromatic nitrogens is 4. The second-order valence-electron chi connectivity index (χ2n) is 5.89. The number of ether oxygens (including phenoxy) is 1. The van der Waals surface area contributed by atoms with Crippen LogP contribution in [-0.4, -0.2) is 51.9 Å². The number of hydrogen-bond donors (Lipinski definition) is 1. The Balaban J connectivity index is 1.68. The van der Waals surface area contributed by atoms with Crippen molar-refractivity contribution in [2.75, 3.05) is 25.1 Å². The number of amides is 1. The Morgan fingerprint density at radius 2 is 2.20 bits per heavy atom. The lowest BCUT2D eigenvalue weighted by Gasteiger charge is -2.33. The molecule has 3 heterocycles. The first-order valence-corrected chi connectivity index (χ1v) is 8.03. The van der Waals surface area contributed by atoms with Crippen molar-refractivity contribution in [3.05, 3.63) is 40.6 Å². The van der Waals surface area contributed by atoms with Crippen LogP contribution in [-0.2, 0) is 7.05 Å². The van der Waals surface area contributed by atoms with Crippen LogP contribution in [0, 0.1) is 0 Å². The molecule has 1 aliphatic rings. The number of rotatable bonds is 4. The van der Waals surface area contributed by atoms with Crippen molar-refractivity contribution in [2.45, 2.75) is 18.9 Å². The number of carbonyl (C=O) groups is 1. The fraction of sp³-hybridized carbons (Fsp3) is 0.438. The van der Waals surface area contributed by atoms with E-state index in [0.717, 1.165) is 19.4 Å². The van der Waals surface area contributed by atoms with Crippen LogP contribution in [0.5, 0.6) is 5.88 Å². The van der Waals surface area contributed by atoms with Gasteiger partial charge < -0.3 is 19.5 Å². The molecule has 0 aromatic carbocycles. The summed E-state index contributed by atoms with van der Waals surface area (Å²) in [6, 6.07) is 3.07. The molecule has 0 bridgehead atoms. The summed E-state index contributed by atoms with van der Waals surface area (Å²) in [5, 5.41) is 10.6. The molecule has 132 valence electrons. The number of hydrogen-bond acceptors (Lipinski definition) is 7. The maximum Gasteiger partial charge on any atom is 0.293 e. The number of piperidine rings is 1. The fourth-order valence-electron chi connectivity index (χ4n) is 2.80. The third-order valence-electron chi connectivity index (χ3n) is 4.14. The van der Waals surface area contributed by atoms with Gasteiger partial charge in [0.2, 0.25) is 5.88 Å². The van der Waals surface area contributed by atoms with Crippen LogP contribution < -0.4 is 20.5 Å². The van der Waals surface area contributed by atoms with Gasteiger partial charge in [-0.2, -0.15) is 0 Å². The van der Waals surface area contributed by atoms with Crippen molar-refractivity contribution in [3.8, 4) is 5.88 Å². The molecule has 25 heavy (non-hydrogen) atoms. The topological polar surface area (TPSA) is 102 Å². The van der Waals surface area contributed by atoms with E-state index in [1.807, 2.05) is 4.90 Å². The molecule has 1 aliphatic heterocycles. The molecular formula is C16H20N6O3. The van der Waals surface area contributed by atoms with Gasteiger partial charge in [0.25, 0.3) is 11.5 Å². The monoisotopic (exact) mass is 344 g/mol. The highest BCUT2D eigenvalue weighted by Gasteiger charge is 2.25. The molecule has 1 atom stereocenters. The molecule has 0 unspecified atom stereocenters. The zero-order valence-corrected chi connectivity index (χ0v) is 14.2. The molecule has 0 aliphatic carbocycles. The highest BCUT2D eigenvalue weighted by molar-refractivity contribution is 5.92. The van der Waals surface area contributed by atoms with Gasteiger partial charge in [-0.25, -0.2) is 4.98 Å². The van der Waals surface area contributed by atoms with Crippen molar-refractivity contribution in [2.24, 2.45) is 7.05 Å². The predicted octanol–water partition coefficient (Wildman–Crippen LogP) is -0.0223. The summed E-state index contributed by atoms with van der Waals surface area (Å²) in [6.45, 7) is 1.27. The molecule has 0 spiro atoms. The molecule has 2 aromatic heterocycles. The van der Waals surface area contributed by atoms with Crippen LogP contribution in [0.25, 0.3) is 0 Å². The van der Waals surface area contributed by atoms with Crippen molar-refractivity contribution in [1.82, 2.24) is 25.1 Å². The normalized spacial score (nSPS) is 17.2. The summed E-state index contributed by atoms with van der Waals surface area (Å²) >= 11 is 0. The molecule has 1 N–H and O–H groups in total. The molecule has 9 heteroatoms.